The van der Waals surface area contributed by atoms with Gasteiger partial charge in [0.1, 0.15) is 23.5 Å². The summed E-state index contributed by atoms with van der Waals surface area (Å²) in [4.78, 5) is 30.1. The number of fused-ring (bicyclic) bond motifs is 1. The van der Waals surface area contributed by atoms with Crippen molar-refractivity contribution in [2.24, 2.45) is 0 Å². The predicted molar refractivity (Wildman–Crippen MR) is 136 cm³/mol. The van der Waals surface area contributed by atoms with Gasteiger partial charge in [0, 0.05) is 28.5 Å². The van der Waals surface area contributed by atoms with Gasteiger partial charge in [-0.3, -0.25) is 4.79 Å². The number of carbonyl (C=O) groups excluding carboxylic acids is 1. The Morgan fingerprint density at radius 2 is 1.86 bits per heavy atom. The largest absolute Gasteiger partial charge is 0.494 e. The summed E-state index contributed by atoms with van der Waals surface area (Å²) in [5.74, 6) is 0.560. The van der Waals surface area contributed by atoms with Crippen molar-refractivity contribution >= 4 is 40.4 Å². The number of nitrogens with one attached hydrogen (secondary N) is 1. The third-order valence-electron chi connectivity index (χ3n) is 5.53. The summed E-state index contributed by atoms with van der Waals surface area (Å²) in [7, 11) is 2.95. The molecule has 0 amide bonds. The Balaban J connectivity index is 1.57. The van der Waals surface area contributed by atoms with Crippen molar-refractivity contribution in [1.82, 2.24) is 29.1 Å². The second kappa shape index (κ2) is 9.67. The monoisotopic (exact) mass is 503 g/mol. The van der Waals surface area contributed by atoms with Crippen LogP contribution in [0.4, 0.5) is 11.6 Å². The number of aromatic nitrogens is 6. The second-order valence-corrected chi connectivity index (χ2v) is 8.39. The van der Waals surface area contributed by atoms with Crippen molar-refractivity contribution in [3.8, 4) is 22.7 Å². The minimum atomic E-state index is -0.412. The van der Waals surface area contributed by atoms with Crippen LogP contribution in [0.15, 0.2) is 61.3 Å². The number of methoxy groups -OCH3 is 2. The predicted octanol–water partition coefficient (Wildman–Crippen LogP) is 4.57. The van der Waals surface area contributed by atoms with Crippen LogP contribution < -0.4 is 10.1 Å². The van der Waals surface area contributed by atoms with Crippen molar-refractivity contribution < 1.29 is 14.3 Å². The number of benzene rings is 2. The Kier molecular flexibility index (Phi) is 6.26. The van der Waals surface area contributed by atoms with Crippen molar-refractivity contribution in [1.29, 1.82) is 0 Å². The highest BCUT2D eigenvalue weighted by Gasteiger charge is 2.17. The summed E-state index contributed by atoms with van der Waals surface area (Å²) in [6, 6.07) is 13.0. The SMILES string of the molecule is COC(=O)Cn1cnc2c(-c3ccc(Cl)cc3)nc(Nc3ccc(-n4cnc(C)c4)c(OC)c3)nc21. The molecule has 5 rings (SSSR count). The highest BCUT2D eigenvalue weighted by molar-refractivity contribution is 6.30. The molecule has 3 heterocycles. The molecule has 0 radical (unpaired) electrons. The van der Waals surface area contributed by atoms with Gasteiger partial charge in [-0.25, -0.2) is 15.0 Å². The first kappa shape index (κ1) is 23.3. The molecule has 182 valence electrons. The number of nitrogens with zero attached hydrogens (tertiary/aromatic N) is 6. The number of hydrogen-bond donors (Lipinski definition) is 1. The Morgan fingerprint density at radius 1 is 1.06 bits per heavy atom. The molecule has 3 aromatic heterocycles. The summed E-state index contributed by atoms with van der Waals surface area (Å²) >= 11 is 6.09. The molecule has 0 aliphatic heterocycles. The molecule has 2 aromatic carbocycles. The Labute approximate surface area is 211 Å². The number of imidazole rings is 2. The molecule has 0 unspecified atom stereocenters. The molecule has 0 fully saturated rings. The van der Waals surface area contributed by atoms with Gasteiger partial charge < -0.3 is 23.9 Å². The van der Waals surface area contributed by atoms with E-state index in [9.17, 15) is 4.79 Å². The molecular formula is C25H22ClN7O3. The maximum atomic E-state index is 11.9. The lowest BCUT2D eigenvalue weighted by molar-refractivity contribution is -0.141. The van der Waals surface area contributed by atoms with Gasteiger partial charge in [0.25, 0.3) is 0 Å². The summed E-state index contributed by atoms with van der Waals surface area (Å²) in [5, 5.41) is 3.86. The number of carbonyl (C=O) groups is 1. The Bertz CT molecular complexity index is 1560. The van der Waals surface area contributed by atoms with Crippen molar-refractivity contribution in [2.45, 2.75) is 13.5 Å². The zero-order valence-corrected chi connectivity index (χ0v) is 20.5. The molecule has 0 saturated heterocycles. The van der Waals surface area contributed by atoms with Gasteiger partial charge in [0.2, 0.25) is 5.95 Å². The van der Waals surface area contributed by atoms with Crippen LogP contribution >= 0.6 is 11.6 Å². The molecule has 0 saturated carbocycles. The molecule has 1 N–H and O–H groups in total. The van der Waals surface area contributed by atoms with Gasteiger partial charge in [0.15, 0.2) is 5.65 Å². The molecule has 0 spiro atoms. The summed E-state index contributed by atoms with van der Waals surface area (Å²) in [5.41, 5.74) is 4.91. The summed E-state index contributed by atoms with van der Waals surface area (Å²) in [6.45, 7) is 1.89. The van der Waals surface area contributed by atoms with E-state index >= 15 is 0 Å². The van der Waals surface area contributed by atoms with E-state index < -0.39 is 5.97 Å². The van der Waals surface area contributed by atoms with E-state index in [0.29, 0.717) is 39.3 Å². The van der Waals surface area contributed by atoms with Crippen LogP contribution in [0, 0.1) is 6.92 Å². The van der Waals surface area contributed by atoms with Crippen molar-refractivity contribution in [2.75, 3.05) is 19.5 Å². The highest BCUT2D eigenvalue weighted by atomic mass is 35.5. The normalized spacial score (nSPS) is 11.0. The summed E-state index contributed by atoms with van der Waals surface area (Å²) < 4.78 is 14.0. The summed E-state index contributed by atoms with van der Waals surface area (Å²) in [6.07, 6.45) is 5.20. The smallest absolute Gasteiger partial charge is 0.325 e. The number of esters is 1. The molecule has 36 heavy (non-hydrogen) atoms. The van der Waals surface area contributed by atoms with Gasteiger partial charge in [-0.1, -0.05) is 23.7 Å². The molecule has 11 heteroatoms. The lowest BCUT2D eigenvalue weighted by Gasteiger charge is -2.13. The molecular weight excluding hydrogens is 482 g/mol. The van der Waals surface area contributed by atoms with Crippen LogP contribution in [0.1, 0.15) is 5.69 Å². The van der Waals surface area contributed by atoms with E-state index in [0.717, 1.165) is 16.9 Å². The lowest BCUT2D eigenvalue weighted by Crippen LogP contribution is -2.11. The third-order valence-corrected chi connectivity index (χ3v) is 5.79. The van der Waals surface area contributed by atoms with E-state index in [-0.39, 0.29) is 6.54 Å². The first-order valence-corrected chi connectivity index (χ1v) is 11.3. The highest BCUT2D eigenvalue weighted by Crippen LogP contribution is 2.31. The van der Waals surface area contributed by atoms with Crippen LogP contribution in [-0.2, 0) is 16.1 Å². The molecule has 0 aliphatic rings. The fourth-order valence-electron chi connectivity index (χ4n) is 3.78. The van der Waals surface area contributed by atoms with Gasteiger partial charge in [-0.05, 0) is 31.2 Å². The molecule has 10 nitrogen and oxygen atoms in total. The van der Waals surface area contributed by atoms with Crippen LogP contribution in [0.3, 0.4) is 0 Å². The fourth-order valence-corrected chi connectivity index (χ4v) is 3.91. The van der Waals surface area contributed by atoms with E-state index in [1.54, 1.807) is 36.5 Å². The Hall–Kier alpha value is -4.44. The number of hydrogen-bond acceptors (Lipinski definition) is 8. The quantitative estimate of drug-likeness (QED) is 0.322. The van der Waals surface area contributed by atoms with Gasteiger partial charge in [-0.2, -0.15) is 4.98 Å². The van der Waals surface area contributed by atoms with Crippen molar-refractivity contribution in [3.05, 3.63) is 72.0 Å². The lowest BCUT2D eigenvalue weighted by atomic mass is 10.1. The number of halogens is 1. The third kappa shape index (κ3) is 4.58. The van der Waals surface area contributed by atoms with Gasteiger partial charge >= 0.3 is 5.97 Å². The maximum absolute atomic E-state index is 11.9. The minimum absolute atomic E-state index is 0.0314. The average molecular weight is 504 g/mol. The number of ether oxygens (including phenoxy) is 2. The molecule has 0 atom stereocenters. The topological polar surface area (TPSA) is 109 Å². The Morgan fingerprint density at radius 3 is 2.56 bits per heavy atom. The van der Waals surface area contributed by atoms with E-state index in [2.05, 4.69) is 20.3 Å². The van der Waals surface area contributed by atoms with Crippen LogP contribution in [0.25, 0.3) is 28.1 Å². The van der Waals surface area contributed by atoms with Crippen molar-refractivity contribution in [3.63, 3.8) is 0 Å². The van der Waals surface area contributed by atoms with E-state index in [1.165, 1.54) is 7.11 Å². The number of aryl methyl sites for hydroxylation is 1. The average Bonchev–Trinajstić information content (AvgIpc) is 3.50. The van der Waals surface area contributed by atoms with Crippen LogP contribution in [0.5, 0.6) is 5.75 Å². The minimum Gasteiger partial charge on any atom is -0.494 e. The van der Waals surface area contributed by atoms with E-state index in [1.807, 2.05) is 48.0 Å². The number of rotatable bonds is 7. The van der Waals surface area contributed by atoms with Gasteiger partial charge in [0.05, 0.1) is 38.3 Å². The standard InChI is InChI=1S/C25H22ClN7O3/c1-15-11-32(13-27-15)19-9-8-18(10-20(19)35-2)29-25-30-22(16-4-6-17(26)7-5-16)23-24(31-25)33(14-28-23)12-21(34)36-3/h4-11,13-14H,12H2,1-3H3,(H,29,30,31). The first-order chi connectivity index (χ1) is 17.4. The van der Waals surface area contributed by atoms with E-state index in [4.69, 9.17) is 26.1 Å². The molecule has 0 aliphatic carbocycles. The maximum Gasteiger partial charge on any atom is 0.325 e. The molecule has 5 aromatic rings. The zero-order chi connectivity index (χ0) is 25.2. The number of anilines is 2. The molecule has 0 bridgehead atoms. The first-order valence-electron chi connectivity index (χ1n) is 11.0. The van der Waals surface area contributed by atoms with Gasteiger partial charge in [-0.15, -0.1) is 0 Å². The van der Waals surface area contributed by atoms with Crippen LogP contribution in [0.2, 0.25) is 5.02 Å². The second-order valence-electron chi connectivity index (χ2n) is 7.96. The zero-order valence-electron chi connectivity index (χ0n) is 19.8. The van der Waals surface area contributed by atoms with Crippen LogP contribution in [-0.4, -0.2) is 49.3 Å². The fraction of sp³-hybridized carbons (Fsp3) is 0.160.